The molecule has 0 atom stereocenters. The smallest absolute Gasteiger partial charge is 0.280 e. The molecule has 15 heavy (non-hydrogen) atoms. The van der Waals surface area contributed by atoms with Crippen LogP contribution < -0.4 is 5.32 Å². The second-order valence-corrected chi connectivity index (χ2v) is 4.02. The standard InChI is InChI=1S/C10H9FN2OS/c1-2-12-9(14)10-13-7-4-3-6(11)5-8(7)15-10/h3-5H,2H2,1H3,(H,12,14). The molecule has 1 N–H and O–H groups in total. The molecule has 5 heteroatoms. The van der Waals surface area contributed by atoms with Crippen LogP contribution in [0, 0.1) is 5.82 Å². The van der Waals surface area contributed by atoms with Crippen LogP contribution in [0.5, 0.6) is 0 Å². The molecule has 0 unspecified atom stereocenters. The predicted molar refractivity (Wildman–Crippen MR) is 57.6 cm³/mol. The molecule has 1 aromatic carbocycles. The van der Waals surface area contributed by atoms with Gasteiger partial charge in [-0.05, 0) is 25.1 Å². The summed E-state index contributed by atoms with van der Waals surface area (Å²) >= 11 is 1.20. The van der Waals surface area contributed by atoms with Gasteiger partial charge < -0.3 is 5.32 Å². The van der Waals surface area contributed by atoms with Crippen molar-refractivity contribution in [2.24, 2.45) is 0 Å². The van der Waals surface area contributed by atoms with Crippen molar-refractivity contribution in [1.82, 2.24) is 10.3 Å². The Morgan fingerprint density at radius 1 is 1.60 bits per heavy atom. The Morgan fingerprint density at radius 2 is 2.40 bits per heavy atom. The van der Waals surface area contributed by atoms with E-state index in [0.29, 0.717) is 21.8 Å². The van der Waals surface area contributed by atoms with Crippen LogP contribution >= 0.6 is 11.3 Å². The van der Waals surface area contributed by atoms with Crippen molar-refractivity contribution >= 4 is 27.5 Å². The van der Waals surface area contributed by atoms with Crippen LogP contribution in [0.15, 0.2) is 18.2 Å². The van der Waals surface area contributed by atoms with Crippen molar-refractivity contribution in [3.63, 3.8) is 0 Å². The van der Waals surface area contributed by atoms with Crippen LogP contribution in [0.2, 0.25) is 0 Å². The number of amides is 1. The second-order valence-electron chi connectivity index (χ2n) is 2.99. The van der Waals surface area contributed by atoms with Gasteiger partial charge in [0.05, 0.1) is 10.2 Å². The normalized spacial score (nSPS) is 10.5. The summed E-state index contributed by atoms with van der Waals surface area (Å²) in [6, 6.07) is 4.29. The van der Waals surface area contributed by atoms with Crippen molar-refractivity contribution in [1.29, 1.82) is 0 Å². The summed E-state index contributed by atoms with van der Waals surface area (Å²) < 4.78 is 13.6. The number of nitrogens with zero attached hydrogens (tertiary/aromatic N) is 1. The lowest BCUT2D eigenvalue weighted by molar-refractivity contribution is 0.0955. The summed E-state index contributed by atoms with van der Waals surface area (Å²) in [6.07, 6.45) is 0. The monoisotopic (exact) mass is 224 g/mol. The van der Waals surface area contributed by atoms with Crippen molar-refractivity contribution in [3.05, 3.63) is 29.0 Å². The van der Waals surface area contributed by atoms with Gasteiger partial charge in [0.15, 0.2) is 5.01 Å². The molecule has 0 aliphatic heterocycles. The third kappa shape index (κ3) is 1.97. The maximum Gasteiger partial charge on any atom is 0.280 e. The van der Waals surface area contributed by atoms with E-state index in [1.165, 1.54) is 23.5 Å². The molecular weight excluding hydrogens is 215 g/mol. The highest BCUT2D eigenvalue weighted by Crippen LogP contribution is 2.22. The van der Waals surface area contributed by atoms with Gasteiger partial charge in [0.2, 0.25) is 0 Å². The molecule has 0 saturated carbocycles. The van der Waals surface area contributed by atoms with Gasteiger partial charge in [-0.1, -0.05) is 0 Å². The summed E-state index contributed by atoms with van der Waals surface area (Å²) in [7, 11) is 0. The van der Waals surface area contributed by atoms with Crippen LogP contribution in [-0.2, 0) is 0 Å². The van der Waals surface area contributed by atoms with Crippen LogP contribution in [0.25, 0.3) is 10.2 Å². The number of benzene rings is 1. The molecule has 78 valence electrons. The molecule has 0 radical (unpaired) electrons. The minimum atomic E-state index is -0.311. The maximum absolute atomic E-state index is 12.9. The minimum Gasteiger partial charge on any atom is -0.350 e. The molecule has 2 aromatic rings. The molecule has 0 bridgehead atoms. The lowest BCUT2D eigenvalue weighted by atomic mass is 10.3. The third-order valence-electron chi connectivity index (χ3n) is 1.88. The van der Waals surface area contributed by atoms with Gasteiger partial charge in [0.25, 0.3) is 5.91 Å². The number of nitrogens with one attached hydrogen (secondary N) is 1. The molecule has 0 saturated heterocycles. The second kappa shape index (κ2) is 3.94. The maximum atomic E-state index is 12.9. The highest BCUT2D eigenvalue weighted by Gasteiger charge is 2.11. The lowest BCUT2D eigenvalue weighted by Gasteiger charge is -1.94. The van der Waals surface area contributed by atoms with Gasteiger partial charge in [-0.25, -0.2) is 9.37 Å². The van der Waals surface area contributed by atoms with E-state index in [1.807, 2.05) is 6.92 Å². The Kier molecular flexibility index (Phi) is 2.64. The van der Waals surface area contributed by atoms with E-state index in [-0.39, 0.29) is 11.7 Å². The molecule has 0 fully saturated rings. The highest BCUT2D eigenvalue weighted by molar-refractivity contribution is 7.20. The Balaban J connectivity index is 2.42. The zero-order chi connectivity index (χ0) is 10.8. The van der Waals surface area contributed by atoms with Crippen molar-refractivity contribution in [2.75, 3.05) is 6.54 Å². The number of carbonyl (C=O) groups excluding carboxylic acids is 1. The van der Waals surface area contributed by atoms with Gasteiger partial charge in [-0.3, -0.25) is 4.79 Å². The number of hydrogen-bond acceptors (Lipinski definition) is 3. The van der Waals surface area contributed by atoms with Crippen molar-refractivity contribution in [2.45, 2.75) is 6.92 Å². The van der Waals surface area contributed by atoms with Gasteiger partial charge in [0, 0.05) is 6.54 Å². The number of carbonyl (C=O) groups is 1. The largest absolute Gasteiger partial charge is 0.350 e. The lowest BCUT2D eigenvalue weighted by Crippen LogP contribution is -2.22. The van der Waals surface area contributed by atoms with E-state index in [9.17, 15) is 9.18 Å². The van der Waals surface area contributed by atoms with Crippen LogP contribution in [0.3, 0.4) is 0 Å². The van der Waals surface area contributed by atoms with Crippen molar-refractivity contribution in [3.8, 4) is 0 Å². The Morgan fingerprint density at radius 3 is 3.13 bits per heavy atom. The average Bonchev–Trinajstić information content (AvgIpc) is 2.60. The van der Waals surface area contributed by atoms with Crippen LogP contribution in [0.4, 0.5) is 4.39 Å². The first-order chi connectivity index (χ1) is 7.20. The average molecular weight is 224 g/mol. The number of hydrogen-bond donors (Lipinski definition) is 1. The summed E-state index contributed by atoms with van der Waals surface area (Å²) in [6.45, 7) is 2.40. The number of halogens is 1. The van der Waals surface area contributed by atoms with Gasteiger partial charge >= 0.3 is 0 Å². The number of rotatable bonds is 2. The third-order valence-corrected chi connectivity index (χ3v) is 2.90. The number of thiazole rings is 1. The fourth-order valence-corrected chi connectivity index (χ4v) is 2.14. The molecule has 0 aliphatic rings. The number of aromatic nitrogens is 1. The van der Waals surface area contributed by atoms with Crippen LogP contribution in [-0.4, -0.2) is 17.4 Å². The van der Waals surface area contributed by atoms with E-state index in [4.69, 9.17) is 0 Å². The quantitative estimate of drug-likeness (QED) is 0.849. The van der Waals surface area contributed by atoms with Gasteiger partial charge in [-0.2, -0.15) is 0 Å². The predicted octanol–water partition coefficient (Wildman–Crippen LogP) is 2.19. The van der Waals surface area contributed by atoms with E-state index in [1.54, 1.807) is 6.07 Å². The molecule has 1 amide bonds. The molecule has 0 spiro atoms. The van der Waals surface area contributed by atoms with E-state index in [0.717, 1.165) is 0 Å². The van der Waals surface area contributed by atoms with Crippen molar-refractivity contribution < 1.29 is 9.18 Å². The first-order valence-corrected chi connectivity index (χ1v) is 5.36. The molecule has 0 aliphatic carbocycles. The van der Waals surface area contributed by atoms with Gasteiger partial charge in [0.1, 0.15) is 5.82 Å². The summed E-state index contributed by atoms with van der Waals surface area (Å²) in [5, 5.41) is 3.03. The van der Waals surface area contributed by atoms with E-state index in [2.05, 4.69) is 10.3 Å². The summed E-state index contributed by atoms with van der Waals surface area (Å²) in [5.41, 5.74) is 0.655. The minimum absolute atomic E-state index is 0.209. The summed E-state index contributed by atoms with van der Waals surface area (Å²) in [5.74, 6) is -0.521. The fraction of sp³-hybridized carbons (Fsp3) is 0.200. The Bertz CT molecular complexity index is 509. The zero-order valence-electron chi connectivity index (χ0n) is 8.08. The zero-order valence-corrected chi connectivity index (χ0v) is 8.90. The topological polar surface area (TPSA) is 42.0 Å². The fourth-order valence-electron chi connectivity index (χ4n) is 1.23. The molecule has 1 aromatic heterocycles. The Labute approximate surface area is 89.9 Å². The van der Waals surface area contributed by atoms with Gasteiger partial charge in [-0.15, -0.1) is 11.3 Å². The molecule has 1 heterocycles. The first kappa shape index (κ1) is 10.0. The molecular formula is C10H9FN2OS. The Hall–Kier alpha value is -1.49. The molecule has 3 nitrogen and oxygen atoms in total. The molecule has 2 rings (SSSR count). The van der Waals surface area contributed by atoms with Crippen LogP contribution in [0.1, 0.15) is 16.7 Å². The summed E-state index contributed by atoms with van der Waals surface area (Å²) in [4.78, 5) is 15.6. The highest BCUT2D eigenvalue weighted by atomic mass is 32.1. The van der Waals surface area contributed by atoms with E-state index < -0.39 is 0 Å². The van der Waals surface area contributed by atoms with E-state index >= 15 is 0 Å². The number of fused-ring (bicyclic) bond motifs is 1. The first-order valence-electron chi connectivity index (χ1n) is 4.55. The SMILES string of the molecule is CCNC(=O)c1nc2ccc(F)cc2s1.